The minimum atomic E-state index is 0.0626. The summed E-state index contributed by atoms with van der Waals surface area (Å²) in [6.07, 6.45) is 0. The van der Waals surface area contributed by atoms with Gasteiger partial charge >= 0.3 is 0 Å². The van der Waals surface area contributed by atoms with Crippen LogP contribution in [0.5, 0.6) is 0 Å². The molecule has 13 heavy (non-hydrogen) atoms. The van der Waals surface area contributed by atoms with Crippen LogP contribution in [-0.4, -0.2) is 18.7 Å². The summed E-state index contributed by atoms with van der Waals surface area (Å²) in [7, 11) is 1.64. The van der Waals surface area contributed by atoms with E-state index in [0.717, 1.165) is 10.1 Å². The van der Waals surface area contributed by atoms with Gasteiger partial charge in [0, 0.05) is 17.7 Å². The summed E-state index contributed by atoms with van der Waals surface area (Å²) in [4.78, 5) is 12.1. The molecule has 1 aromatic rings. The molecule has 0 saturated carbocycles. The van der Waals surface area contributed by atoms with Gasteiger partial charge in [0.2, 0.25) is 5.91 Å². The van der Waals surface area contributed by atoms with Crippen molar-refractivity contribution < 1.29 is 4.79 Å². The minimum Gasteiger partial charge on any atom is -0.358 e. The van der Waals surface area contributed by atoms with Gasteiger partial charge in [0.1, 0.15) is 0 Å². The second kappa shape index (κ2) is 5.52. The maximum Gasteiger partial charge on any atom is 0.229 e. The van der Waals surface area contributed by atoms with Gasteiger partial charge in [0.05, 0.1) is 10.1 Å². The Morgan fingerprint density at radius 1 is 1.69 bits per heavy atom. The van der Waals surface area contributed by atoms with Gasteiger partial charge in [-0.3, -0.25) is 4.79 Å². The number of rotatable bonds is 4. The van der Waals surface area contributed by atoms with Gasteiger partial charge in [-0.25, -0.2) is 0 Å². The van der Waals surface area contributed by atoms with Gasteiger partial charge in [0.15, 0.2) is 0 Å². The van der Waals surface area contributed by atoms with Crippen molar-refractivity contribution in [3.05, 3.63) is 21.3 Å². The van der Waals surface area contributed by atoms with Gasteiger partial charge in [-0.1, -0.05) is 11.6 Å². The van der Waals surface area contributed by atoms with Crippen molar-refractivity contribution in [3.63, 3.8) is 0 Å². The summed E-state index contributed by atoms with van der Waals surface area (Å²) in [5, 5.41) is 2.57. The fraction of sp³-hybridized carbons (Fsp3) is 0.375. The molecular weight excluding hydrogens is 226 g/mol. The van der Waals surface area contributed by atoms with Crippen LogP contribution in [0.2, 0.25) is 4.34 Å². The zero-order chi connectivity index (χ0) is 9.68. The lowest BCUT2D eigenvalue weighted by atomic mass is 10.5. The van der Waals surface area contributed by atoms with Crippen molar-refractivity contribution in [2.75, 3.05) is 12.8 Å². The van der Waals surface area contributed by atoms with Crippen LogP contribution in [0.3, 0.4) is 0 Å². The molecule has 1 aromatic heterocycles. The number of carbonyl (C=O) groups is 1. The molecule has 5 heteroatoms. The summed E-state index contributed by atoms with van der Waals surface area (Å²) in [5.74, 6) is 1.42. The molecule has 1 amide bonds. The number of thioether (sulfide) groups is 1. The zero-order valence-corrected chi connectivity index (χ0v) is 9.56. The van der Waals surface area contributed by atoms with Crippen molar-refractivity contribution in [2.45, 2.75) is 5.75 Å². The highest BCUT2D eigenvalue weighted by atomic mass is 35.5. The lowest BCUT2D eigenvalue weighted by molar-refractivity contribution is -0.118. The van der Waals surface area contributed by atoms with E-state index in [1.807, 2.05) is 12.1 Å². The third-order valence-corrected chi connectivity index (χ3v) is 3.78. The van der Waals surface area contributed by atoms with E-state index in [9.17, 15) is 4.79 Å². The Labute approximate surface area is 90.7 Å². The molecule has 0 aliphatic heterocycles. The number of carbonyl (C=O) groups excluding carboxylic acids is 1. The first kappa shape index (κ1) is 10.9. The van der Waals surface area contributed by atoms with E-state index in [2.05, 4.69) is 5.32 Å². The molecule has 0 fully saturated rings. The van der Waals surface area contributed by atoms with Gasteiger partial charge in [-0.05, 0) is 12.1 Å². The molecule has 1 heterocycles. The Morgan fingerprint density at radius 3 is 3.00 bits per heavy atom. The van der Waals surface area contributed by atoms with Crippen LogP contribution in [0, 0.1) is 0 Å². The third-order valence-electron chi connectivity index (χ3n) is 1.39. The fourth-order valence-electron chi connectivity index (χ4n) is 0.746. The number of nitrogens with one attached hydrogen (secondary N) is 1. The van der Waals surface area contributed by atoms with Crippen LogP contribution in [0.4, 0.5) is 0 Å². The Morgan fingerprint density at radius 2 is 2.46 bits per heavy atom. The first-order valence-corrected chi connectivity index (χ1v) is 6.10. The van der Waals surface area contributed by atoms with E-state index >= 15 is 0 Å². The van der Waals surface area contributed by atoms with Crippen LogP contribution in [0.1, 0.15) is 4.88 Å². The average molecular weight is 236 g/mol. The highest BCUT2D eigenvalue weighted by Gasteiger charge is 2.00. The summed E-state index contributed by atoms with van der Waals surface area (Å²) in [5.41, 5.74) is 0. The monoisotopic (exact) mass is 235 g/mol. The van der Waals surface area contributed by atoms with Gasteiger partial charge in [0.25, 0.3) is 0 Å². The quantitative estimate of drug-likeness (QED) is 0.868. The van der Waals surface area contributed by atoms with Gasteiger partial charge < -0.3 is 5.32 Å². The van der Waals surface area contributed by atoms with Crippen LogP contribution >= 0.6 is 34.7 Å². The molecule has 1 N–H and O–H groups in total. The standard InChI is InChI=1S/C8H10ClNOS2/c1-10-8(11)5-12-4-6-2-3-7(9)13-6/h2-3H,4-5H2,1H3,(H,10,11). The van der Waals surface area contributed by atoms with E-state index in [1.54, 1.807) is 30.1 Å². The third kappa shape index (κ3) is 4.02. The maximum absolute atomic E-state index is 10.9. The van der Waals surface area contributed by atoms with Crippen LogP contribution in [0.15, 0.2) is 12.1 Å². The van der Waals surface area contributed by atoms with E-state index in [0.29, 0.717) is 5.75 Å². The van der Waals surface area contributed by atoms with Crippen molar-refractivity contribution >= 4 is 40.6 Å². The molecule has 72 valence electrons. The Kier molecular flexibility index (Phi) is 4.62. The topological polar surface area (TPSA) is 29.1 Å². The largest absolute Gasteiger partial charge is 0.358 e. The van der Waals surface area contributed by atoms with Gasteiger partial charge in [-0.15, -0.1) is 23.1 Å². The van der Waals surface area contributed by atoms with Gasteiger partial charge in [-0.2, -0.15) is 0 Å². The Hall–Kier alpha value is -0.190. The number of halogens is 1. The summed E-state index contributed by atoms with van der Waals surface area (Å²) in [6, 6.07) is 3.87. The average Bonchev–Trinajstić information content (AvgIpc) is 2.51. The normalized spacial score (nSPS) is 10.0. The summed E-state index contributed by atoms with van der Waals surface area (Å²) < 4.78 is 0.801. The molecule has 1 rings (SSSR count). The van der Waals surface area contributed by atoms with E-state index in [1.165, 1.54) is 4.88 Å². The SMILES string of the molecule is CNC(=O)CSCc1ccc(Cl)s1. The lowest BCUT2D eigenvalue weighted by Crippen LogP contribution is -2.19. The molecule has 0 bridgehead atoms. The van der Waals surface area contributed by atoms with Crippen LogP contribution < -0.4 is 5.32 Å². The van der Waals surface area contributed by atoms with Crippen molar-refractivity contribution in [3.8, 4) is 0 Å². The molecule has 0 aromatic carbocycles. The predicted octanol–water partition coefficient (Wildman–Crippen LogP) is 2.38. The maximum atomic E-state index is 10.9. The fourth-order valence-corrected chi connectivity index (χ4v) is 2.84. The summed E-state index contributed by atoms with van der Waals surface area (Å²) in [6.45, 7) is 0. The predicted molar refractivity (Wildman–Crippen MR) is 59.6 cm³/mol. The van der Waals surface area contributed by atoms with E-state index < -0.39 is 0 Å². The number of amides is 1. The first-order chi connectivity index (χ1) is 6.22. The van der Waals surface area contributed by atoms with Crippen LogP contribution in [0.25, 0.3) is 0 Å². The Balaban J connectivity index is 2.24. The van der Waals surface area contributed by atoms with Crippen LogP contribution in [-0.2, 0) is 10.5 Å². The molecule has 0 atom stereocenters. The number of thiophene rings is 1. The molecular formula is C8H10ClNOS2. The van der Waals surface area contributed by atoms with Crippen molar-refractivity contribution in [1.29, 1.82) is 0 Å². The smallest absolute Gasteiger partial charge is 0.229 e. The highest BCUT2D eigenvalue weighted by Crippen LogP contribution is 2.24. The number of hydrogen-bond donors (Lipinski definition) is 1. The molecule has 0 aliphatic rings. The lowest BCUT2D eigenvalue weighted by Gasteiger charge is -1.97. The molecule has 0 unspecified atom stereocenters. The highest BCUT2D eigenvalue weighted by molar-refractivity contribution is 7.99. The Bertz CT molecular complexity index is 287. The molecule has 0 saturated heterocycles. The second-order valence-electron chi connectivity index (χ2n) is 2.37. The molecule has 0 radical (unpaired) electrons. The van der Waals surface area contributed by atoms with Crippen molar-refractivity contribution in [1.82, 2.24) is 5.32 Å². The summed E-state index contributed by atoms with van der Waals surface area (Å²) >= 11 is 8.91. The minimum absolute atomic E-state index is 0.0626. The second-order valence-corrected chi connectivity index (χ2v) is 5.16. The number of hydrogen-bond acceptors (Lipinski definition) is 3. The molecule has 0 spiro atoms. The van der Waals surface area contributed by atoms with E-state index in [-0.39, 0.29) is 5.91 Å². The van der Waals surface area contributed by atoms with E-state index in [4.69, 9.17) is 11.6 Å². The van der Waals surface area contributed by atoms with Crippen molar-refractivity contribution in [2.24, 2.45) is 0 Å². The first-order valence-electron chi connectivity index (χ1n) is 3.75. The molecule has 0 aliphatic carbocycles. The zero-order valence-electron chi connectivity index (χ0n) is 7.17. The molecule has 2 nitrogen and oxygen atoms in total.